The van der Waals surface area contributed by atoms with Crippen LogP contribution in [0.5, 0.6) is 0 Å². The Bertz CT molecular complexity index is 1290. The zero-order valence-corrected chi connectivity index (χ0v) is 26.6. The highest BCUT2D eigenvalue weighted by Gasteiger charge is 2.20. The van der Waals surface area contributed by atoms with Crippen LogP contribution in [0.4, 0.5) is 22.0 Å². The number of hydrogen-bond donors (Lipinski definition) is 6. The number of piperazine rings is 1. The second-order valence-corrected chi connectivity index (χ2v) is 11.4. The third-order valence-electron chi connectivity index (χ3n) is 7.61. The normalized spacial score (nSPS) is 14.1. The predicted molar refractivity (Wildman–Crippen MR) is 180 cm³/mol. The number of urea groups is 1. The monoisotopic (exact) mass is 626 g/mol. The standard InChI is InChI=1S/C30H50N12O3/c1-39(2)27(43)22-40-18-20-41(21-19-40)25-10-8-24(9-11-25)36-29(44)37-26-12-17-42(30(45)38-26)16-4-7-23(34-15-5-13-31)6-3-14-35-28(32)33/h8-12,17,23,34H,3-7,13-16,18-22,31H2,1-2H3,(H4,32,33,35)(H2,36,37,38,44,45)/t23-/m0/s1. The van der Waals surface area contributed by atoms with Gasteiger partial charge in [-0.05, 0) is 75.5 Å². The minimum atomic E-state index is -0.487. The summed E-state index contributed by atoms with van der Waals surface area (Å²) in [5, 5.41) is 8.94. The summed E-state index contributed by atoms with van der Waals surface area (Å²) in [4.78, 5) is 51.3. The fourth-order valence-electron chi connectivity index (χ4n) is 5.01. The molecular formula is C30H50N12O3. The van der Waals surface area contributed by atoms with E-state index in [1.54, 1.807) is 31.3 Å². The van der Waals surface area contributed by atoms with E-state index in [2.05, 4.69) is 35.7 Å². The summed E-state index contributed by atoms with van der Waals surface area (Å²) in [6.07, 6.45) is 5.94. The summed E-state index contributed by atoms with van der Waals surface area (Å²) in [7, 11) is 3.54. The summed E-state index contributed by atoms with van der Waals surface area (Å²) in [5.74, 6) is 0.378. The SMILES string of the molecule is CN(C)C(=O)CN1CCN(c2ccc(NC(=O)Nc3ccn(CCC[C@H](CCCN=C(N)N)NCCCN)c(=O)n3)cc2)CC1. The predicted octanol–water partition coefficient (Wildman–Crippen LogP) is 0.238. The van der Waals surface area contributed by atoms with Crippen LogP contribution < -0.4 is 43.7 Å². The van der Waals surface area contributed by atoms with Crippen LogP contribution in [0.2, 0.25) is 0 Å². The van der Waals surface area contributed by atoms with E-state index >= 15 is 0 Å². The third-order valence-corrected chi connectivity index (χ3v) is 7.61. The van der Waals surface area contributed by atoms with Gasteiger partial charge in [0.1, 0.15) is 5.82 Å². The first-order valence-electron chi connectivity index (χ1n) is 15.6. The summed E-state index contributed by atoms with van der Waals surface area (Å²) in [5.41, 5.74) is 17.7. The molecule has 45 heavy (non-hydrogen) atoms. The molecule has 3 amide bonds. The molecule has 0 radical (unpaired) electrons. The highest BCUT2D eigenvalue weighted by Crippen LogP contribution is 2.20. The van der Waals surface area contributed by atoms with Gasteiger partial charge in [0, 0.05) is 77.0 Å². The lowest BCUT2D eigenvalue weighted by Crippen LogP contribution is -2.49. The van der Waals surface area contributed by atoms with Crippen molar-refractivity contribution in [3.8, 4) is 0 Å². The molecule has 2 aromatic rings. The van der Waals surface area contributed by atoms with E-state index in [0.29, 0.717) is 31.9 Å². The van der Waals surface area contributed by atoms with E-state index in [1.165, 1.54) is 4.57 Å². The fraction of sp³-hybridized carbons (Fsp3) is 0.567. The largest absolute Gasteiger partial charge is 0.370 e. The molecule has 1 aromatic carbocycles. The number of rotatable bonds is 17. The second kappa shape index (κ2) is 18.6. The minimum absolute atomic E-state index is 0.0943. The lowest BCUT2D eigenvalue weighted by molar-refractivity contribution is -0.129. The molecule has 9 N–H and O–H groups in total. The van der Waals surface area contributed by atoms with E-state index < -0.39 is 11.7 Å². The van der Waals surface area contributed by atoms with E-state index in [9.17, 15) is 14.4 Å². The number of aryl methyl sites for hydroxylation is 1. The van der Waals surface area contributed by atoms with Gasteiger partial charge in [-0.1, -0.05) is 0 Å². The number of nitrogens with two attached hydrogens (primary N) is 3. The fourth-order valence-corrected chi connectivity index (χ4v) is 5.01. The molecule has 248 valence electrons. The Morgan fingerprint density at radius 1 is 1.00 bits per heavy atom. The molecule has 1 atom stereocenters. The van der Waals surface area contributed by atoms with Gasteiger partial charge in [-0.3, -0.25) is 24.6 Å². The number of anilines is 3. The van der Waals surface area contributed by atoms with Gasteiger partial charge in [-0.2, -0.15) is 4.98 Å². The Kier molecular flexibility index (Phi) is 14.6. The third kappa shape index (κ3) is 12.7. The lowest BCUT2D eigenvalue weighted by atomic mass is 10.1. The van der Waals surface area contributed by atoms with Gasteiger partial charge in [0.05, 0.1) is 6.54 Å². The number of aromatic nitrogens is 2. The first-order chi connectivity index (χ1) is 21.6. The van der Waals surface area contributed by atoms with Crippen molar-refractivity contribution in [1.82, 2.24) is 24.7 Å². The molecule has 1 aliphatic heterocycles. The van der Waals surface area contributed by atoms with Crippen molar-refractivity contribution in [3.63, 3.8) is 0 Å². The van der Waals surface area contributed by atoms with Crippen molar-refractivity contribution in [3.05, 3.63) is 47.0 Å². The van der Waals surface area contributed by atoms with Crippen LogP contribution in [0.3, 0.4) is 0 Å². The Labute approximate surface area is 265 Å². The van der Waals surface area contributed by atoms with Gasteiger partial charge >= 0.3 is 11.7 Å². The molecule has 0 aliphatic carbocycles. The quantitative estimate of drug-likeness (QED) is 0.0801. The molecule has 3 rings (SSSR count). The summed E-state index contributed by atoms with van der Waals surface area (Å²) < 4.78 is 1.54. The van der Waals surface area contributed by atoms with Gasteiger partial charge in [0.15, 0.2) is 5.96 Å². The number of guanidine groups is 1. The van der Waals surface area contributed by atoms with E-state index in [-0.39, 0.29) is 23.7 Å². The van der Waals surface area contributed by atoms with Crippen LogP contribution in [0.15, 0.2) is 46.3 Å². The summed E-state index contributed by atoms with van der Waals surface area (Å²) >= 11 is 0. The average Bonchev–Trinajstić information content (AvgIpc) is 3.00. The Morgan fingerprint density at radius 3 is 2.36 bits per heavy atom. The van der Waals surface area contributed by atoms with Gasteiger partial charge in [-0.15, -0.1) is 0 Å². The maximum atomic E-state index is 12.6. The Balaban J connectivity index is 1.43. The van der Waals surface area contributed by atoms with Crippen LogP contribution in [-0.2, 0) is 11.3 Å². The molecule has 0 unspecified atom stereocenters. The van der Waals surface area contributed by atoms with Crippen molar-refractivity contribution in [2.24, 2.45) is 22.2 Å². The number of likely N-dealkylation sites (N-methyl/N-ethyl adjacent to an activating group) is 1. The van der Waals surface area contributed by atoms with Crippen molar-refractivity contribution >= 4 is 35.1 Å². The van der Waals surface area contributed by atoms with Crippen LogP contribution in [-0.4, -0.2) is 110 Å². The van der Waals surface area contributed by atoms with Crippen LogP contribution in [0, 0.1) is 0 Å². The highest BCUT2D eigenvalue weighted by atomic mass is 16.2. The van der Waals surface area contributed by atoms with E-state index in [0.717, 1.165) is 70.5 Å². The molecule has 1 aliphatic rings. The number of nitrogens with zero attached hydrogens (tertiary/aromatic N) is 6. The zero-order chi connectivity index (χ0) is 32.6. The second-order valence-electron chi connectivity index (χ2n) is 11.4. The molecule has 15 nitrogen and oxygen atoms in total. The molecule has 0 spiro atoms. The van der Waals surface area contributed by atoms with Crippen LogP contribution in [0.25, 0.3) is 0 Å². The van der Waals surface area contributed by atoms with Crippen molar-refractivity contribution in [2.75, 3.05) is 82.0 Å². The maximum Gasteiger partial charge on any atom is 0.349 e. The van der Waals surface area contributed by atoms with Gasteiger partial charge < -0.3 is 37.6 Å². The minimum Gasteiger partial charge on any atom is -0.370 e. The zero-order valence-electron chi connectivity index (χ0n) is 26.6. The molecule has 2 heterocycles. The first-order valence-corrected chi connectivity index (χ1v) is 15.6. The Morgan fingerprint density at radius 2 is 1.71 bits per heavy atom. The van der Waals surface area contributed by atoms with Crippen molar-refractivity contribution in [2.45, 2.75) is 44.7 Å². The van der Waals surface area contributed by atoms with E-state index in [1.807, 2.05) is 24.3 Å². The number of nitrogens with one attached hydrogen (secondary N) is 3. The molecule has 1 aromatic heterocycles. The number of carbonyl (C=O) groups is 2. The highest BCUT2D eigenvalue weighted by molar-refractivity contribution is 5.99. The lowest BCUT2D eigenvalue weighted by Gasteiger charge is -2.36. The first kappa shape index (κ1) is 35.3. The number of benzene rings is 1. The average molecular weight is 627 g/mol. The van der Waals surface area contributed by atoms with Crippen molar-refractivity contribution in [1.29, 1.82) is 0 Å². The number of amides is 3. The maximum absolute atomic E-state index is 12.6. The van der Waals surface area contributed by atoms with Gasteiger partial charge in [-0.25, -0.2) is 9.59 Å². The van der Waals surface area contributed by atoms with Crippen LogP contribution in [0.1, 0.15) is 32.1 Å². The molecular weight excluding hydrogens is 576 g/mol. The van der Waals surface area contributed by atoms with Gasteiger partial charge in [0.25, 0.3) is 0 Å². The molecule has 0 saturated carbocycles. The van der Waals surface area contributed by atoms with Crippen LogP contribution >= 0.6 is 0 Å². The van der Waals surface area contributed by atoms with Gasteiger partial charge in [0.2, 0.25) is 5.91 Å². The topological polar surface area (TPSA) is 205 Å². The van der Waals surface area contributed by atoms with E-state index in [4.69, 9.17) is 17.2 Å². The number of hydrogen-bond acceptors (Lipinski definition) is 9. The number of aliphatic imine (C=N–C) groups is 1. The van der Waals surface area contributed by atoms with Crippen molar-refractivity contribution < 1.29 is 9.59 Å². The molecule has 15 heteroatoms. The summed E-state index contributed by atoms with van der Waals surface area (Å²) in [6.45, 7) is 6.23. The smallest absolute Gasteiger partial charge is 0.349 e. The number of carbonyl (C=O) groups excluding carboxylic acids is 2. The Hall–Kier alpha value is -4.21. The molecule has 1 fully saturated rings. The molecule has 0 bridgehead atoms. The summed E-state index contributed by atoms with van der Waals surface area (Å²) in [6, 6.07) is 8.97. The molecule has 1 saturated heterocycles.